The highest BCUT2D eigenvalue weighted by Crippen LogP contribution is 2.20. The molecule has 20 heavy (non-hydrogen) atoms. The molecule has 0 aliphatic heterocycles. The van der Waals surface area contributed by atoms with Crippen LogP contribution in [0.4, 0.5) is 0 Å². The Morgan fingerprint density at radius 2 is 1.85 bits per heavy atom. The van der Waals surface area contributed by atoms with Gasteiger partial charge in [0, 0.05) is 29.8 Å². The smallest absolute Gasteiger partial charge is 0.255 e. The highest BCUT2D eigenvalue weighted by Gasteiger charge is 2.13. The van der Waals surface area contributed by atoms with Crippen molar-refractivity contribution in [1.29, 1.82) is 0 Å². The number of carbonyl (C=O) groups is 1. The van der Waals surface area contributed by atoms with Gasteiger partial charge in [-0.15, -0.1) is 0 Å². The van der Waals surface area contributed by atoms with Gasteiger partial charge in [0.15, 0.2) is 0 Å². The standard InChI is InChI=1S/C14H12Cl2N2O2/c1-18(8-9-2-11(15)5-12(16)3-9)14(20)10-4-13(19)7-17-6-10/h2-7,19H,8H2,1H3. The van der Waals surface area contributed by atoms with E-state index >= 15 is 0 Å². The van der Waals surface area contributed by atoms with Crippen molar-refractivity contribution in [2.24, 2.45) is 0 Å². The fourth-order valence-electron chi connectivity index (χ4n) is 1.81. The normalized spacial score (nSPS) is 10.3. The summed E-state index contributed by atoms with van der Waals surface area (Å²) >= 11 is 11.8. The van der Waals surface area contributed by atoms with Gasteiger partial charge in [-0.1, -0.05) is 23.2 Å². The Balaban J connectivity index is 2.15. The fraction of sp³-hybridized carbons (Fsp3) is 0.143. The summed E-state index contributed by atoms with van der Waals surface area (Å²) in [6, 6.07) is 6.50. The SMILES string of the molecule is CN(Cc1cc(Cl)cc(Cl)c1)C(=O)c1cncc(O)c1. The first-order valence-corrected chi connectivity index (χ1v) is 6.56. The molecule has 1 N–H and O–H groups in total. The first-order valence-electron chi connectivity index (χ1n) is 5.80. The Morgan fingerprint density at radius 3 is 2.45 bits per heavy atom. The van der Waals surface area contributed by atoms with E-state index in [1.807, 2.05) is 0 Å². The van der Waals surface area contributed by atoms with Crippen molar-refractivity contribution in [2.75, 3.05) is 7.05 Å². The zero-order valence-corrected chi connectivity index (χ0v) is 12.2. The van der Waals surface area contributed by atoms with Crippen LogP contribution >= 0.6 is 23.2 Å². The molecule has 0 aliphatic rings. The first-order chi connectivity index (χ1) is 9.45. The number of hydrogen-bond acceptors (Lipinski definition) is 3. The van der Waals surface area contributed by atoms with Crippen molar-refractivity contribution in [2.45, 2.75) is 6.54 Å². The Kier molecular flexibility index (Phi) is 4.47. The average molecular weight is 311 g/mol. The van der Waals surface area contributed by atoms with Gasteiger partial charge in [0.05, 0.1) is 11.8 Å². The van der Waals surface area contributed by atoms with E-state index in [4.69, 9.17) is 23.2 Å². The van der Waals surface area contributed by atoms with Crippen molar-refractivity contribution >= 4 is 29.1 Å². The first kappa shape index (κ1) is 14.6. The lowest BCUT2D eigenvalue weighted by Gasteiger charge is -2.17. The topological polar surface area (TPSA) is 53.4 Å². The van der Waals surface area contributed by atoms with Gasteiger partial charge in [0.2, 0.25) is 0 Å². The van der Waals surface area contributed by atoms with E-state index in [0.29, 0.717) is 22.2 Å². The van der Waals surface area contributed by atoms with E-state index in [2.05, 4.69) is 4.98 Å². The van der Waals surface area contributed by atoms with Crippen LogP contribution in [0.1, 0.15) is 15.9 Å². The summed E-state index contributed by atoms with van der Waals surface area (Å²) < 4.78 is 0. The van der Waals surface area contributed by atoms with Gasteiger partial charge >= 0.3 is 0 Å². The van der Waals surface area contributed by atoms with Gasteiger partial charge in [-0.05, 0) is 29.8 Å². The molecule has 0 saturated heterocycles. The van der Waals surface area contributed by atoms with Gasteiger partial charge in [0.1, 0.15) is 5.75 Å². The molecule has 6 heteroatoms. The number of halogens is 2. The van der Waals surface area contributed by atoms with Crippen molar-refractivity contribution < 1.29 is 9.90 Å². The molecule has 1 aromatic carbocycles. The molecule has 0 spiro atoms. The van der Waals surface area contributed by atoms with Crippen LogP contribution in [0.3, 0.4) is 0 Å². The van der Waals surface area contributed by atoms with Crippen LogP contribution in [0, 0.1) is 0 Å². The summed E-state index contributed by atoms with van der Waals surface area (Å²) in [6.45, 7) is 0.356. The van der Waals surface area contributed by atoms with Crippen LogP contribution in [-0.2, 0) is 6.54 Å². The lowest BCUT2D eigenvalue weighted by atomic mass is 10.2. The Hall–Kier alpha value is -1.78. The second-order valence-electron chi connectivity index (χ2n) is 4.37. The minimum absolute atomic E-state index is 0.0462. The molecule has 1 heterocycles. The number of amides is 1. The molecule has 1 amide bonds. The van der Waals surface area contributed by atoms with E-state index in [1.54, 1.807) is 25.2 Å². The molecule has 0 saturated carbocycles. The summed E-state index contributed by atoms with van der Waals surface area (Å²) in [6.07, 6.45) is 2.68. The number of rotatable bonds is 3. The summed E-state index contributed by atoms with van der Waals surface area (Å²) in [7, 11) is 1.65. The lowest BCUT2D eigenvalue weighted by molar-refractivity contribution is 0.0784. The lowest BCUT2D eigenvalue weighted by Crippen LogP contribution is -2.26. The van der Waals surface area contributed by atoms with Crippen LogP contribution < -0.4 is 0 Å². The van der Waals surface area contributed by atoms with Gasteiger partial charge < -0.3 is 10.0 Å². The van der Waals surface area contributed by atoms with Crippen LogP contribution in [0.5, 0.6) is 5.75 Å². The van der Waals surface area contributed by atoms with Gasteiger partial charge in [-0.25, -0.2) is 0 Å². The number of aromatic nitrogens is 1. The molecular weight excluding hydrogens is 299 g/mol. The summed E-state index contributed by atoms with van der Waals surface area (Å²) in [5.41, 5.74) is 1.15. The predicted molar refractivity (Wildman–Crippen MR) is 78.2 cm³/mol. The molecule has 0 fully saturated rings. The number of hydrogen-bond donors (Lipinski definition) is 1. The zero-order valence-electron chi connectivity index (χ0n) is 10.7. The van der Waals surface area contributed by atoms with Crippen LogP contribution in [0.15, 0.2) is 36.7 Å². The minimum atomic E-state index is -0.246. The third-order valence-electron chi connectivity index (χ3n) is 2.66. The van der Waals surface area contributed by atoms with E-state index in [-0.39, 0.29) is 11.7 Å². The molecule has 0 aliphatic carbocycles. The fourth-order valence-corrected chi connectivity index (χ4v) is 2.38. The quantitative estimate of drug-likeness (QED) is 0.945. The summed E-state index contributed by atoms with van der Waals surface area (Å²) in [4.78, 5) is 17.5. The summed E-state index contributed by atoms with van der Waals surface area (Å²) in [5, 5.41) is 10.4. The maximum absolute atomic E-state index is 12.2. The monoisotopic (exact) mass is 310 g/mol. The van der Waals surface area contributed by atoms with E-state index in [1.165, 1.54) is 23.4 Å². The molecule has 0 bridgehead atoms. The molecular formula is C14H12Cl2N2O2. The van der Waals surface area contributed by atoms with E-state index in [0.717, 1.165) is 5.56 Å². The van der Waals surface area contributed by atoms with E-state index < -0.39 is 0 Å². The number of nitrogens with zero attached hydrogens (tertiary/aromatic N) is 2. The van der Waals surface area contributed by atoms with Crippen molar-refractivity contribution in [3.8, 4) is 5.75 Å². The maximum Gasteiger partial charge on any atom is 0.255 e. The molecule has 0 unspecified atom stereocenters. The molecule has 104 valence electrons. The van der Waals surface area contributed by atoms with Crippen LogP contribution in [-0.4, -0.2) is 27.9 Å². The Morgan fingerprint density at radius 1 is 1.20 bits per heavy atom. The zero-order chi connectivity index (χ0) is 14.7. The number of aromatic hydroxyl groups is 1. The molecule has 2 aromatic rings. The van der Waals surface area contributed by atoms with Crippen molar-refractivity contribution in [3.05, 3.63) is 57.8 Å². The molecule has 4 nitrogen and oxygen atoms in total. The maximum atomic E-state index is 12.2. The van der Waals surface area contributed by atoms with Gasteiger partial charge in [0.25, 0.3) is 5.91 Å². The number of carbonyl (C=O) groups excluding carboxylic acids is 1. The van der Waals surface area contributed by atoms with Crippen LogP contribution in [0.2, 0.25) is 10.0 Å². The third kappa shape index (κ3) is 3.62. The number of pyridine rings is 1. The Labute approximate surface area is 126 Å². The second kappa shape index (κ2) is 6.11. The third-order valence-corrected chi connectivity index (χ3v) is 3.10. The van der Waals surface area contributed by atoms with Crippen molar-refractivity contribution in [1.82, 2.24) is 9.88 Å². The Bertz CT molecular complexity index is 627. The van der Waals surface area contributed by atoms with E-state index in [9.17, 15) is 9.90 Å². The molecule has 2 rings (SSSR count). The highest BCUT2D eigenvalue weighted by atomic mass is 35.5. The second-order valence-corrected chi connectivity index (χ2v) is 5.24. The van der Waals surface area contributed by atoms with Crippen LogP contribution in [0.25, 0.3) is 0 Å². The molecule has 0 atom stereocenters. The molecule has 1 aromatic heterocycles. The number of benzene rings is 1. The largest absolute Gasteiger partial charge is 0.506 e. The highest BCUT2D eigenvalue weighted by molar-refractivity contribution is 6.34. The molecule has 0 radical (unpaired) electrons. The average Bonchev–Trinajstić information content (AvgIpc) is 2.36. The van der Waals surface area contributed by atoms with Gasteiger partial charge in [-0.3, -0.25) is 9.78 Å². The van der Waals surface area contributed by atoms with Crippen molar-refractivity contribution in [3.63, 3.8) is 0 Å². The minimum Gasteiger partial charge on any atom is -0.506 e. The van der Waals surface area contributed by atoms with Gasteiger partial charge in [-0.2, -0.15) is 0 Å². The summed E-state index contributed by atoms with van der Waals surface area (Å²) in [5.74, 6) is -0.292. The predicted octanol–water partition coefficient (Wildman–Crippen LogP) is 3.37.